The second-order valence-electron chi connectivity index (χ2n) is 3.60. The molecule has 18 heavy (non-hydrogen) atoms. The largest absolute Gasteiger partial charge is 0.497 e. The monoisotopic (exact) mass is 263 g/mol. The number of carbonyl (C=O) groups excluding carboxylic acids is 1. The maximum absolute atomic E-state index is 11.9. The molecular formula is C12H13N3O2S. The summed E-state index contributed by atoms with van der Waals surface area (Å²) in [7, 11) is 1.53. The van der Waals surface area contributed by atoms with Gasteiger partial charge in [-0.05, 0) is 12.1 Å². The Bertz CT molecular complexity index is 540. The first-order chi connectivity index (χ1) is 8.69. The number of hydrogen-bond acceptors (Lipinski definition) is 5. The van der Waals surface area contributed by atoms with Crippen molar-refractivity contribution >= 4 is 22.9 Å². The van der Waals surface area contributed by atoms with Crippen LogP contribution in [0.3, 0.4) is 0 Å². The standard InChI is InChI=1S/C12H13N3O2S/c1-17-10-5-8(4-9(13)6-10)12(16)15-7-11-14-2-3-18-11/h2-6H,7,13H2,1H3,(H,15,16). The predicted octanol–water partition coefficient (Wildman–Crippen LogP) is 1.66. The van der Waals surface area contributed by atoms with Gasteiger partial charge >= 0.3 is 0 Å². The average molecular weight is 263 g/mol. The highest BCUT2D eigenvalue weighted by Gasteiger charge is 2.08. The number of nitrogen functional groups attached to an aromatic ring is 1. The maximum atomic E-state index is 11.9. The SMILES string of the molecule is COc1cc(N)cc(C(=O)NCc2nccs2)c1. The number of nitrogens with two attached hydrogens (primary N) is 1. The topological polar surface area (TPSA) is 77.2 Å². The van der Waals surface area contributed by atoms with E-state index in [4.69, 9.17) is 10.5 Å². The number of aromatic nitrogens is 1. The molecule has 0 unspecified atom stereocenters. The van der Waals surface area contributed by atoms with Crippen molar-refractivity contribution in [3.8, 4) is 5.75 Å². The number of thiazole rings is 1. The number of hydrogen-bond donors (Lipinski definition) is 2. The van der Waals surface area contributed by atoms with Gasteiger partial charge in [-0.25, -0.2) is 4.98 Å². The lowest BCUT2D eigenvalue weighted by Gasteiger charge is -2.07. The van der Waals surface area contributed by atoms with Crippen LogP contribution in [0.25, 0.3) is 0 Å². The molecule has 1 aromatic heterocycles. The van der Waals surface area contributed by atoms with Crippen molar-refractivity contribution in [2.24, 2.45) is 0 Å². The van der Waals surface area contributed by atoms with Gasteiger partial charge in [0.05, 0.1) is 13.7 Å². The van der Waals surface area contributed by atoms with Crippen LogP contribution in [-0.4, -0.2) is 18.0 Å². The van der Waals surface area contributed by atoms with Crippen LogP contribution in [0.2, 0.25) is 0 Å². The number of carbonyl (C=O) groups is 1. The van der Waals surface area contributed by atoms with Crippen LogP contribution >= 0.6 is 11.3 Å². The number of ether oxygens (including phenoxy) is 1. The van der Waals surface area contributed by atoms with Crippen LogP contribution in [0.15, 0.2) is 29.8 Å². The Balaban J connectivity index is 2.06. The van der Waals surface area contributed by atoms with Gasteiger partial charge in [0.15, 0.2) is 0 Å². The molecule has 0 saturated heterocycles. The highest BCUT2D eigenvalue weighted by atomic mass is 32.1. The van der Waals surface area contributed by atoms with Crippen molar-refractivity contribution in [2.45, 2.75) is 6.54 Å². The first kappa shape index (κ1) is 12.4. The van der Waals surface area contributed by atoms with E-state index in [2.05, 4.69) is 10.3 Å². The number of rotatable bonds is 4. The summed E-state index contributed by atoms with van der Waals surface area (Å²) in [5.41, 5.74) is 6.66. The molecule has 1 heterocycles. The molecule has 0 atom stereocenters. The van der Waals surface area contributed by atoms with Gasteiger partial charge in [0, 0.05) is 28.9 Å². The molecule has 0 aliphatic heterocycles. The zero-order valence-electron chi connectivity index (χ0n) is 9.84. The lowest BCUT2D eigenvalue weighted by Crippen LogP contribution is -2.22. The maximum Gasteiger partial charge on any atom is 0.251 e. The summed E-state index contributed by atoms with van der Waals surface area (Å²) in [6.07, 6.45) is 1.70. The van der Waals surface area contributed by atoms with E-state index < -0.39 is 0 Å². The molecule has 2 rings (SSSR count). The normalized spacial score (nSPS) is 10.1. The van der Waals surface area contributed by atoms with E-state index in [0.717, 1.165) is 5.01 Å². The van der Waals surface area contributed by atoms with E-state index in [1.54, 1.807) is 24.4 Å². The first-order valence-electron chi connectivity index (χ1n) is 5.30. The summed E-state index contributed by atoms with van der Waals surface area (Å²) < 4.78 is 5.07. The van der Waals surface area contributed by atoms with E-state index in [1.807, 2.05) is 5.38 Å². The minimum atomic E-state index is -0.198. The van der Waals surface area contributed by atoms with Crippen molar-refractivity contribution in [2.75, 3.05) is 12.8 Å². The molecule has 2 aromatic rings. The van der Waals surface area contributed by atoms with Crippen LogP contribution in [0.5, 0.6) is 5.75 Å². The van der Waals surface area contributed by atoms with Gasteiger partial charge in [-0.1, -0.05) is 0 Å². The highest BCUT2D eigenvalue weighted by Crippen LogP contribution is 2.18. The van der Waals surface area contributed by atoms with Gasteiger partial charge in [0.2, 0.25) is 0 Å². The number of methoxy groups -OCH3 is 1. The fourth-order valence-corrected chi connectivity index (χ4v) is 2.03. The number of anilines is 1. The third kappa shape index (κ3) is 2.98. The van der Waals surface area contributed by atoms with E-state index in [-0.39, 0.29) is 5.91 Å². The molecule has 0 radical (unpaired) electrons. The fraction of sp³-hybridized carbons (Fsp3) is 0.167. The number of benzene rings is 1. The summed E-state index contributed by atoms with van der Waals surface area (Å²) in [6.45, 7) is 0.410. The molecule has 0 fully saturated rings. The third-order valence-corrected chi connectivity index (χ3v) is 3.09. The average Bonchev–Trinajstić information content (AvgIpc) is 2.88. The fourth-order valence-electron chi connectivity index (χ4n) is 1.47. The summed E-state index contributed by atoms with van der Waals surface area (Å²) in [5, 5.41) is 5.50. The molecular weight excluding hydrogens is 250 g/mol. The number of amides is 1. The van der Waals surface area contributed by atoms with Crippen molar-refractivity contribution in [1.29, 1.82) is 0 Å². The van der Waals surface area contributed by atoms with Crippen LogP contribution in [0, 0.1) is 0 Å². The molecule has 0 aliphatic carbocycles. The lowest BCUT2D eigenvalue weighted by atomic mass is 10.2. The van der Waals surface area contributed by atoms with E-state index >= 15 is 0 Å². The Kier molecular flexibility index (Phi) is 3.78. The zero-order chi connectivity index (χ0) is 13.0. The molecule has 0 spiro atoms. The Hall–Kier alpha value is -2.08. The highest BCUT2D eigenvalue weighted by molar-refractivity contribution is 7.09. The molecule has 0 aliphatic rings. The molecule has 3 N–H and O–H groups in total. The summed E-state index contributed by atoms with van der Waals surface area (Å²) in [6, 6.07) is 4.92. The molecule has 5 nitrogen and oxygen atoms in total. The Morgan fingerprint density at radius 1 is 1.50 bits per heavy atom. The van der Waals surface area contributed by atoms with Gasteiger partial charge in [-0.2, -0.15) is 0 Å². The number of nitrogens with zero attached hydrogens (tertiary/aromatic N) is 1. The molecule has 0 saturated carbocycles. The van der Waals surface area contributed by atoms with Crippen molar-refractivity contribution in [1.82, 2.24) is 10.3 Å². The Morgan fingerprint density at radius 2 is 2.33 bits per heavy atom. The molecule has 6 heteroatoms. The van der Waals surface area contributed by atoms with Crippen LogP contribution in [0.1, 0.15) is 15.4 Å². The minimum absolute atomic E-state index is 0.198. The van der Waals surface area contributed by atoms with E-state index in [1.165, 1.54) is 18.4 Å². The minimum Gasteiger partial charge on any atom is -0.497 e. The first-order valence-corrected chi connectivity index (χ1v) is 6.18. The van der Waals surface area contributed by atoms with Crippen molar-refractivity contribution < 1.29 is 9.53 Å². The van der Waals surface area contributed by atoms with Gasteiger partial charge in [0.25, 0.3) is 5.91 Å². The summed E-state index contributed by atoms with van der Waals surface area (Å²) in [5.74, 6) is 0.366. The molecule has 0 bridgehead atoms. The molecule has 94 valence electrons. The quantitative estimate of drug-likeness (QED) is 0.822. The summed E-state index contributed by atoms with van der Waals surface area (Å²) >= 11 is 1.50. The van der Waals surface area contributed by atoms with Crippen LogP contribution < -0.4 is 15.8 Å². The third-order valence-electron chi connectivity index (χ3n) is 2.31. The van der Waals surface area contributed by atoms with Gasteiger partial charge < -0.3 is 15.8 Å². The Morgan fingerprint density at radius 3 is 3.00 bits per heavy atom. The van der Waals surface area contributed by atoms with Crippen molar-refractivity contribution in [3.63, 3.8) is 0 Å². The van der Waals surface area contributed by atoms with E-state index in [9.17, 15) is 4.79 Å². The number of nitrogens with one attached hydrogen (secondary N) is 1. The smallest absolute Gasteiger partial charge is 0.251 e. The van der Waals surface area contributed by atoms with Crippen LogP contribution in [-0.2, 0) is 6.54 Å². The second-order valence-corrected chi connectivity index (χ2v) is 4.58. The van der Waals surface area contributed by atoms with Crippen LogP contribution in [0.4, 0.5) is 5.69 Å². The summed E-state index contributed by atoms with van der Waals surface area (Å²) in [4.78, 5) is 16.0. The Labute approximate surface area is 109 Å². The molecule has 1 amide bonds. The van der Waals surface area contributed by atoms with Gasteiger partial charge in [-0.15, -0.1) is 11.3 Å². The van der Waals surface area contributed by atoms with Gasteiger partial charge in [0.1, 0.15) is 10.8 Å². The van der Waals surface area contributed by atoms with Gasteiger partial charge in [-0.3, -0.25) is 4.79 Å². The lowest BCUT2D eigenvalue weighted by molar-refractivity contribution is 0.0950. The molecule has 1 aromatic carbocycles. The van der Waals surface area contributed by atoms with E-state index in [0.29, 0.717) is 23.5 Å². The predicted molar refractivity (Wildman–Crippen MR) is 70.7 cm³/mol. The van der Waals surface area contributed by atoms with Crippen molar-refractivity contribution in [3.05, 3.63) is 40.3 Å². The zero-order valence-corrected chi connectivity index (χ0v) is 10.7. The second kappa shape index (κ2) is 5.50.